The summed E-state index contributed by atoms with van der Waals surface area (Å²) in [7, 11) is 3.16. The Morgan fingerprint density at radius 2 is 1.80 bits per heavy atom. The third kappa shape index (κ3) is 5.38. The molecule has 1 aromatic heterocycles. The van der Waals surface area contributed by atoms with E-state index in [-0.39, 0.29) is 18.2 Å². The summed E-state index contributed by atoms with van der Waals surface area (Å²) in [6.07, 6.45) is 2.15. The molecule has 0 atom stereocenters. The first-order chi connectivity index (χ1) is 14.5. The smallest absolute Gasteiger partial charge is 0.224 e. The molecule has 0 fully saturated rings. The van der Waals surface area contributed by atoms with Crippen LogP contribution < -0.4 is 20.1 Å². The number of ether oxygens (including phenoxy) is 2. The van der Waals surface area contributed by atoms with Crippen LogP contribution in [-0.2, 0) is 16.0 Å². The lowest BCUT2D eigenvalue weighted by Gasteiger charge is -2.08. The van der Waals surface area contributed by atoms with Gasteiger partial charge in [0.15, 0.2) is 11.7 Å². The predicted molar refractivity (Wildman–Crippen MR) is 113 cm³/mol. The number of aromatic nitrogens is 1. The average Bonchev–Trinajstić information content (AvgIpc) is 3.20. The van der Waals surface area contributed by atoms with E-state index in [4.69, 9.17) is 13.9 Å². The molecule has 0 saturated heterocycles. The Bertz CT molecular complexity index is 1040. The molecule has 2 aromatic carbocycles. The Balaban J connectivity index is 1.60. The number of rotatable bonds is 8. The number of carbonyl (C=O) groups is 2. The van der Waals surface area contributed by atoms with Crippen molar-refractivity contribution in [2.45, 2.75) is 19.8 Å². The van der Waals surface area contributed by atoms with E-state index in [1.165, 1.54) is 6.92 Å². The number of nitrogens with one attached hydrogen (secondary N) is 2. The third-order valence-electron chi connectivity index (χ3n) is 4.26. The van der Waals surface area contributed by atoms with Crippen molar-refractivity contribution >= 4 is 23.2 Å². The van der Waals surface area contributed by atoms with Crippen LogP contribution in [0.4, 0.5) is 11.4 Å². The fourth-order valence-corrected chi connectivity index (χ4v) is 2.87. The lowest BCUT2D eigenvalue weighted by molar-refractivity contribution is -0.116. The topological polar surface area (TPSA) is 103 Å². The molecule has 0 bridgehead atoms. The van der Waals surface area contributed by atoms with Gasteiger partial charge in [-0.25, -0.2) is 4.98 Å². The van der Waals surface area contributed by atoms with Crippen molar-refractivity contribution in [3.8, 4) is 22.8 Å². The van der Waals surface area contributed by atoms with Crippen LogP contribution in [-0.4, -0.2) is 31.0 Å². The Morgan fingerprint density at radius 3 is 2.50 bits per heavy atom. The molecule has 2 N–H and O–H groups in total. The molecule has 3 rings (SSSR count). The van der Waals surface area contributed by atoms with E-state index in [1.54, 1.807) is 50.7 Å². The highest BCUT2D eigenvalue weighted by Gasteiger charge is 2.14. The second-order valence-electron chi connectivity index (χ2n) is 6.49. The minimum Gasteiger partial charge on any atom is -0.497 e. The number of hydrogen-bond donors (Lipinski definition) is 2. The molecule has 8 nitrogen and oxygen atoms in total. The lowest BCUT2D eigenvalue weighted by atomic mass is 10.1. The third-order valence-corrected chi connectivity index (χ3v) is 4.26. The molecule has 156 valence electrons. The molecular weight excluding hydrogens is 386 g/mol. The van der Waals surface area contributed by atoms with Crippen molar-refractivity contribution in [1.29, 1.82) is 0 Å². The maximum Gasteiger partial charge on any atom is 0.224 e. The number of carbonyl (C=O) groups excluding carboxylic acids is 2. The number of nitrogens with zero attached hydrogens (tertiary/aromatic N) is 1. The molecule has 0 aliphatic carbocycles. The number of hydrogen-bond acceptors (Lipinski definition) is 6. The Kier molecular flexibility index (Phi) is 6.69. The van der Waals surface area contributed by atoms with Crippen LogP contribution >= 0.6 is 0 Å². The summed E-state index contributed by atoms with van der Waals surface area (Å²) >= 11 is 0. The highest BCUT2D eigenvalue weighted by molar-refractivity contribution is 5.93. The lowest BCUT2D eigenvalue weighted by Crippen LogP contribution is -2.13. The molecule has 8 heteroatoms. The van der Waals surface area contributed by atoms with Gasteiger partial charge in [0, 0.05) is 37.2 Å². The molecule has 3 aromatic rings. The first-order valence-electron chi connectivity index (χ1n) is 9.33. The van der Waals surface area contributed by atoms with Crippen molar-refractivity contribution < 1.29 is 23.5 Å². The maximum atomic E-state index is 12.3. The van der Waals surface area contributed by atoms with E-state index in [0.29, 0.717) is 40.9 Å². The average molecular weight is 409 g/mol. The molecule has 30 heavy (non-hydrogen) atoms. The monoisotopic (exact) mass is 409 g/mol. The zero-order valence-electron chi connectivity index (χ0n) is 17.0. The maximum absolute atomic E-state index is 12.3. The molecule has 2 amide bonds. The predicted octanol–water partition coefficient (Wildman–Crippen LogP) is 3.89. The summed E-state index contributed by atoms with van der Waals surface area (Å²) in [4.78, 5) is 27.7. The fraction of sp³-hybridized carbons (Fsp3) is 0.227. The fourth-order valence-electron chi connectivity index (χ4n) is 2.87. The van der Waals surface area contributed by atoms with Gasteiger partial charge in [0.05, 0.1) is 26.0 Å². The van der Waals surface area contributed by atoms with E-state index in [2.05, 4.69) is 15.6 Å². The molecule has 0 saturated carbocycles. The van der Waals surface area contributed by atoms with Gasteiger partial charge in [-0.3, -0.25) is 9.59 Å². The van der Waals surface area contributed by atoms with Crippen molar-refractivity contribution in [3.63, 3.8) is 0 Å². The number of amides is 2. The zero-order valence-corrected chi connectivity index (χ0v) is 17.0. The molecule has 0 spiro atoms. The second-order valence-corrected chi connectivity index (χ2v) is 6.49. The Morgan fingerprint density at radius 1 is 1.03 bits per heavy atom. The van der Waals surface area contributed by atoms with Gasteiger partial charge in [0.2, 0.25) is 11.8 Å². The summed E-state index contributed by atoms with van der Waals surface area (Å²) in [6.45, 7) is 1.43. The quantitative estimate of drug-likeness (QED) is 0.585. The molecule has 0 aliphatic rings. The van der Waals surface area contributed by atoms with Gasteiger partial charge in [0.25, 0.3) is 0 Å². The van der Waals surface area contributed by atoms with Gasteiger partial charge in [-0.1, -0.05) is 6.07 Å². The van der Waals surface area contributed by atoms with Gasteiger partial charge in [-0.2, -0.15) is 0 Å². The summed E-state index contributed by atoms with van der Waals surface area (Å²) in [5.41, 5.74) is 1.96. The van der Waals surface area contributed by atoms with Crippen LogP contribution in [0.15, 0.2) is 53.1 Å². The first kappa shape index (κ1) is 20.9. The molecular formula is C22H23N3O5. The van der Waals surface area contributed by atoms with E-state index in [9.17, 15) is 9.59 Å². The largest absolute Gasteiger partial charge is 0.497 e. The van der Waals surface area contributed by atoms with E-state index in [0.717, 1.165) is 5.56 Å². The number of methoxy groups -OCH3 is 2. The molecule has 0 aliphatic heterocycles. The van der Waals surface area contributed by atoms with Crippen LogP contribution in [0.2, 0.25) is 0 Å². The standard InChI is InChI=1S/C22H23N3O5/c1-14(26)24-15-5-4-6-16(11-15)25-21(27)9-10-22-23-13-20(30-22)18-8-7-17(28-2)12-19(18)29-3/h4-8,11-13H,9-10H2,1-3H3,(H,24,26)(H,25,27). The van der Waals surface area contributed by atoms with Crippen molar-refractivity contribution in [3.05, 3.63) is 54.6 Å². The number of oxazole rings is 1. The van der Waals surface area contributed by atoms with Crippen molar-refractivity contribution in [1.82, 2.24) is 4.98 Å². The number of benzene rings is 2. The molecule has 0 radical (unpaired) electrons. The van der Waals surface area contributed by atoms with Gasteiger partial charge in [-0.05, 0) is 30.3 Å². The van der Waals surface area contributed by atoms with Crippen molar-refractivity contribution in [2.24, 2.45) is 0 Å². The van der Waals surface area contributed by atoms with E-state index >= 15 is 0 Å². The van der Waals surface area contributed by atoms with Gasteiger partial charge >= 0.3 is 0 Å². The normalized spacial score (nSPS) is 10.4. The summed E-state index contributed by atoms with van der Waals surface area (Å²) in [6, 6.07) is 12.3. The van der Waals surface area contributed by atoms with Crippen LogP contribution in [0.25, 0.3) is 11.3 Å². The second kappa shape index (κ2) is 9.60. The SMILES string of the molecule is COc1ccc(-c2cnc(CCC(=O)Nc3cccc(NC(C)=O)c3)o2)c(OC)c1. The Hall–Kier alpha value is -3.81. The van der Waals surface area contributed by atoms with Crippen LogP contribution in [0.3, 0.4) is 0 Å². The molecule has 0 unspecified atom stereocenters. The first-order valence-corrected chi connectivity index (χ1v) is 9.33. The minimum atomic E-state index is -0.184. The summed E-state index contributed by atoms with van der Waals surface area (Å²) in [5, 5.41) is 5.48. The van der Waals surface area contributed by atoms with Gasteiger partial charge < -0.3 is 24.5 Å². The number of anilines is 2. The van der Waals surface area contributed by atoms with Crippen LogP contribution in [0.5, 0.6) is 11.5 Å². The number of aryl methyl sites for hydroxylation is 1. The van der Waals surface area contributed by atoms with Crippen molar-refractivity contribution in [2.75, 3.05) is 24.9 Å². The van der Waals surface area contributed by atoms with E-state index in [1.807, 2.05) is 12.1 Å². The Labute approximate surface area is 174 Å². The van der Waals surface area contributed by atoms with Crippen LogP contribution in [0.1, 0.15) is 19.2 Å². The highest BCUT2D eigenvalue weighted by Crippen LogP contribution is 2.33. The highest BCUT2D eigenvalue weighted by atomic mass is 16.5. The molecule has 1 heterocycles. The summed E-state index contributed by atoms with van der Waals surface area (Å²) in [5.74, 6) is 1.92. The van der Waals surface area contributed by atoms with Gasteiger partial charge in [0.1, 0.15) is 11.5 Å². The van der Waals surface area contributed by atoms with Gasteiger partial charge in [-0.15, -0.1) is 0 Å². The van der Waals surface area contributed by atoms with Crippen LogP contribution in [0, 0.1) is 0 Å². The minimum absolute atomic E-state index is 0.174. The zero-order chi connectivity index (χ0) is 21.5. The van der Waals surface area contributed by atoms with E-state index < -0.39 is 0 Å². The summed E-state index contributed by atoms with van der Waals surface area (Å²) < 4.78 is 16.4.